The molecule has 24 heavy (non-hydrogen) atoms. The summed E-state index contributed by atoms with van der Waals surface area (Å²) in [5.41, 5.74) is 0.574. The fourth-order valence-electron chi connectivity index (χ4n) is 2.04. The number of benzene rings is 1. The summed E-state index contributed by atoms with van der Waals surface area (Å²) in [6, 6.07) is 6.16. The maximum absolute atomic E-state index is 11.6. The number of nitro groups is 1. The second-order valence-corrected chi connectivity index (χ2v) is 7.40. The number of non-ortho nitro benzene ring substituents is 1. The van der Waals surface area contributed by atoms with E-state index in [1.54, 1.807) is 12.1 Å². The second kappa shape index (κ2) is 6.54. The molecule has 0 spiro atoms. The van der Waals surface area contributed by atoms with Crippen molar-refractivity contribution in [3.8, 4) is 11.3 Å². The number of amidine groups is 1. The van der Waals surface area contributed by atoms with Gasteiger partial charge in [0.2, 0.25) is 0 Å². The number of halogens is 2. The van der Waals surface area contributed by atoms with E-state index in [0.717, 1.165) is 11.8 Å². The standard InChI is InChI=1S/C14H7Br2N3O4S/c15-8-3-6(19(21)22)4-9(16)12(8)10-2-1-7(23-10)5-11-13(20)18-14(17)24-11/h1-5H,(H2,17,18,20)/b11-5+. The Hall–Kier alpha value is -1.91. The number of hydrogen-bond acceptors (Lipinski definition) is 6. The molecular weight excluding hydrogens is 466 g/mol. The first-order chi connectivity index (χ1) is 11.3. The van der Waals surface area contributed by atoms with Crippen LogP contribution in [0, 0.1) is 15.5 Å². The maximum atomic E-state index is 11.6. The number of carbonyl (C=O) groups excluding carboxylic acids is 1. The maximum Gasteiger partial charge on any atom is 0.271 e. The summed E-state index contributed by atoms with van der Waals surface area (Å²) >= 11 is 7.64. The molecule has 1 aromatic carbocycles. The molecular formula is C14H7Br2N3O4S. The number of carbonyl (C=O) groups is 1. The summed E-state index contributed by atoms with van der Waals surface area (Å²) in [6.07, 6.45) is 1.54. The van der Waals surface area contributed by atoms with Crippen molar-refractivity contribution in [1.82, 2.24) is 5.32 Å². The van der Waals surface area contributed by atoms with Gasteiger partial charge in [-0.1, -0.05) is 0 Å². The first kappa shape index (κ1) is 16.9. The number of furan rings is 1. The van der Waals surface area contributed by atoms with E-state index in [4.69, 9.17) is 9.83 Å². The van der Waals surface area contributed by atoms with Crippen LogP contribution in [0.2, 0.25) is 0 Å². The van der Waals surface area contributed by atoms with Gasteiger partial charge in [0.1, 0.15) is 11.5 Å². The van der Waals surface area contributed by atoms with Crippen LogP contribution in [0.5, 0.6) is 0 Å². The number of hydrogen-bond donors (Lipinski definition) is 2. The minimum Gasteiger partial charge on any atom is -0.457 e. The largest absolute Gasteiger partial charge is 0.457 e. The molecule has 3 rings (SSSR count). The third-order valence-corrected chi connectivity index (χ3v) is 5.13. The Labute approximate surface area is 156 Å². The minimum absolute atomic E-state index is 0.0519. The van der Waals surface area contributed by atoms with Crippen molar-refractivity contribution in [3.63, 3.8) is 0 Å². The Bertz CT molecular complexity index is 899. The molecule has 0 atom stereocenters. The van der Waals surface area contributed by atoms with Gasteiger partial charge in [-0.3, -0.25) is 20.3 Å². The van der Waals surface area contributed by atoms with E-state index in [-0.39, 0.29) is 16.8 Å². The van der Waals surface area contributed by atoms with Gasteiger partial charge in [0.15, 0.2) is 5.17 Å². The summed E-state index contributed by atoms with van der Waals surface area (Å²) in [5.74, 6) is 0.573. The molecule has 0 radical (unpaired) electrons. The Morgan fingerprint density at radius 2 is 1.96 bits per heavy atom. The predicted molar refractivity (Wildman–Crippen MR) is 97.6 cm³/mol. The molecule has 7 nitrogen and oxygen atoms in total. The van der Waals surface area contributed by atoms with E-state index in [0.29, 0.717) is 30.9 Å². The van der Waals surface area contributed by atoms with Gasteiger partial charge in [0.05, 0.1) is 9.83 Å². The molecule has 122 valence electrons. The average molecular weight is 473 g/mol. The lowest BCUT2D eigenvalue weighted by Gasteiger charge is -2.04. The third-order valence-electron chi connectivity index (χ3n) is 3.05. The van der Waals surface area contributed by atoms with Gasteiger partial charge < -0.3 is 9.73 Å². The van der Waals surface area contributed by atoms with Crippen LogP contribution < -0.4 is 5.32 Å². The fraction of sp³-hybridized carbons (Fsp3) is 0. The molecule has 1 saturated heterocycles. The summed E-state index contributed by atoms with van der Waals surface area (Å²) < 4.78 is 6.72. The normalized spacial score (nSPS) is 15.8. The zero-order valence-corrected chi connectivity index (χ0v) is 15.6. The van der Waals surface area contributed by atoms with Gasteiger partial charge in [-0.05, 0) is 55.8 Å². The van der Waals surface area contributed by atoms with Crippen molar-refractivity contribution in [2.75, 3.05) is 0 Å². The van der Waals surface area contributed by atoms with Gasteiger partial charge in [0.25, 0.3) is 11.6 Å². The van der Waals surface area contributed by atoms with Crippen molar-refractivity contribution in [2.24, 2.45) is 0 Å². The lowest BCUT2D eigenvalue weighted by Crippen LogP contribution is -2.18. The highest BCUT2D eigenvalue weighted by molar-refractivity contribution is 9.11. The Balaban J connectivity index is 1.97. The molecule has 2 N–H and O–H groups in total. The highest BCUT2D eigenvalue weighted by atomic mass is 79.9. The number of nitro benzene ring substituents is 1. The number of thioether (sulfide) groups is 1. The number of nitrogens with zero attached hydrogens (tertiary/aromatic N) is 1. The smallest absolute Gasteiger partial charge is 0.271 e. The van der Waals surface area contributed by atoms with E-state index in [9.17, 15) is 14.9 Å². The van der Waals surface area contributed by atoms with Crippen LogP contribution in [0.4, 0.5) is 5.69 Å². The van der Waals surface area contributed by atoms with E-state index in [2.05, 4.69) is 37.2 Å². The first-order valence-corrected chi connectivity index (χ1v) is 8.78. The summed E-state index contributed by atoms with van der Waals surface area (Å²) in [4.78, 5) is 22.4. The Kier molecular flexibility index (Phi) is 4.61. The number of nitrogens with one attached hydrogen (secondary N) is 2. The quantitative estimate of drug-likeness (QED) is 0.387. The van der Waals surface area contributed by atoms with Gasteiger partial charge in [0, 0.05) is 32.7 Å². The topological polar surface area (TPSA) is 109 Å². The van der Waals surface area contributed by atoms with Crippen molar-refractivity contribution in [3.05, 3.63) is 54.0 Å². The van der Waals surface area contributed by atoms with Crippen molar-refractivity contribution in [1.29, 1.82) is 5.41 Å². The molecule has 0 unspecified atom stereocenters. The monoisotopic (exact) mass is 471 g/mol. The second-order valence-electron chi connectivity index (χ2n) is 4.64. The molecule has 1 aliphatic heterocycles. The van der Waals surface area contributed by atoms with Crippen molar-refractivity contribution in [2.45, 2.75) is 0 Å². The van der Waals surface area contributed by atoms with Crippen LogP contribution in [0.25, 0.3) is 17.4 Å². The van der Waals surface area contributed by atoms with Crippen LogP contribution in [0.3, 0.4) is 0 Å². The zero-order chi connectivity index (χ0) is 17.4. The van der Waals surface area contributed by atoms with Gasteiger partial charge in [-0.15, -0.1) is 0 Å². The van der Waals surface area contributed by atoms with Gasteiger partial charge in [-0.2, -0.15) is 0 Å². The summed E-state index contributed by atoms with van der Waals surface area (Å²) in [7, 11) is 0. The average Bonchev–Trinajstić information content (AvgIpc) is 3.05. The SMILES string of the molecule is N=C1NC(=O)/C(=C\c2ccc(-c3c(Br)cc([N+](=O)[O-])cc3Br)o2)S1. The van der Waals surface area contributed by atoms with E-state index in [1.165, 1.54) is 18.2 Å². The van der Waals surface area contributed by atoms with Gasteiger partial charge in [-0.25, -0.2) is 0 Å². The van der Waals surface area contributed by atoms with E-state index < -0.39 is 4.92 Å². The number of rotatable bonds is 3. The highest BCUT2D eigenvalue weighted by Gasteiger charge is 2.23. The summed E-state index contributed by atoms with van der Waals surface area (Å²) in [5, 5.41) is 20.7. The highest BCUT2D eigenvalue weighted by Crippen LogP contribution is 2.39. The molecule has 0 aliphatic carbocycles. The molecule has 0 bridgehead atoms. The molecule has 1 amide bonds. The van der Waals surface area contributed by atoms with Crippen LogP contribution in [0.15, 0.2) is 42.5 Å². The van der Waals surface area contributed by atoms with Crippen LogP contribution in [0.1, 0.15) is 5.76 Å². The lowest BCUT2D eigenvalue weighted by molar-refractivity contribution is -0.385. The molecule has 10 heteroatoms. The number of amides is 1. The lowest BCUT2D eigenvalue weighted by atomic mass is 10.1. The summed E-state index contributed by atoms with van der Waals surface area (Å²) in [6.45, 7) is 0. The molecule has 1 fully saturated rings. The molecule has 2 aromatic rings. The first-order valence-electron chi connectivity index (χ1n) is 6.38. The minimum atomic E-state index is -0.484. The fourth-order valence-corrected chi connectivity index (χ4v) is 4.27. The molecule has 2 heterocycles. The predicted octanol–water partition coefficient (Wildman–Crippen LogP) is 4.52. The van der Waals surface area contributed by atoms with Gasteiger partial charge >= 0.3 is 0 Å². The van der Waals surface area contributed by atoms with Crippen LogP contribution in [-0.4, -0.2) is 16.0 Å². The van der Waals surface area contributed by atoms with Crippen LogP contribution in [-0.2, 0) is 4.79 Å². The van der Waals surface area contributed by atoms with Crippen LogP contribution >= 0.6 is 43.6 Å². The van der Waals surface area contributed by atoms with Crippen molar-refractivity contribution >= 4 is 66.5 Å². The van der Waals surface area contributed by atoms with E-state index in [1.807, 2.05) is 0 Å². The zero-order valence-electron chi connectivity index (χ0n) is 11.6. The van der Waals surface area contributed by atoms with Crippen molar-refractivity contribution < 1.29 is 14.1 Å². The molecule has 1 aromatic heterocycles. The van der Waals surface area contributed by atoms with E-state index >= 15 is 0 Å². The Morgan fingerprint density at radius 3 is 2.50 bits per heavy atom. The molecule has 1 aliphatic rings. The molecule has 0 saturated carbocycles. The third kappa shape index (κ3) is 3.30. The Morgan fingerprint density at radius 1 is 1.29 bits per heavy atom.